The Kier molecular flexibility index (Phi) is 7.71. The summed E-state index contributed by atoms with van der Waals surface area (Å²) in [6.45, 7) is 2.38. The summed E-state index contributed by atoms with van der Waals surface area (Å²) >= 11 is 10.6. The van der Waals surface area contributed by atoms with Crippen LogP contribution in [0.5, 0.6) is 0 Å². The molecule has 0 N–H and O–H groups in total. The van der Waals surface area contributed by atoms with E-state index in [1.807, 2.05) is 0 Å². The summed E-state index contributed by atoms with van der Waals surface area (Å²) in [7, 11) is 0. The first-order valence-electron chi connectivity index (χ1n) is 2.46. The zero-order valence-electron chi connectivity index (χ0n) is 5.14. The van der Waals surface area contributed by atoms with Crippen LogP contribution in [0.2, 0.25) is 0 Å². The second-order valence-corrected chi connectivity index (χ2v) is 2.51. The number of nitrogens with zero attached hydrogens (tertiary/aromatic N) is 1. The minimum absolute atomic E-state index is 0. The van der Waals surface area contributed by atoms with E-state index in [-0.39, 0.29) is 19.0 Å². The molecule has 2 nitrogen and oxygen atoms in total. The molecule has 0 aliphatic heterocycles. The first-order chi connectivity index (χ1) is 3.62. The predicted octanol–water partition coefficient (Wildman–Crippen LogP) is 2.14. The van der Waals surface area contributed by atoms with E-state index in [1.165, 1.54) is 0 Å². The number of hydroxylamine groups is 2. The molecule has 0 saturated heterocycles. The van der Waals surface area contributed by atoms with E-state index in [2.05, 4.69) is 0 Å². The molecule has 0 rings (SSSR count). The van der Waals surface area contributed by atoms with Crippen LogP contribution >= 0.6 is 35.8 Å². The summed E-state index contributed by atoms with van der Waals surface area (Å²) in [6.07, 6.45) is 0. The van der Waals surface area contributed by atoms with Crippen LogP contribution in [0.15, 0.2) is 0 Å². The molecule has 0 heterocycles. The Bertz CT molecular complexity index is 68.8. The molecule has 0 aromatic rings. The lowest BCUT2D eigenvalue weighted by Crippen LogP contribution is -2.32. The average Bonchev–Trinajstić information content (AvgIpc) is 1.67. The number of halogens is 3. The van der Waals surface area contributed by atoms with Crippen molar-refractivity contribution >= 4 is 35.8 Å². The molecule has 9 heavy (non-hydrogen) atoms. The molecule has 1 unspecified atom stereocenters. The van der Waals surface area contributed by atoms with Crippen molar-refractivity contribution in [2.75, 3.05) is 19.0 Å². The molecular weight excluding hydrogens is 184 g/mol. The van der Waals surface area contributed by atoms with Gasteiger partial charge in [0.25, 0.3) is 0 Å². The van der Waals surface area contributed by atoms with Gasteiger partial charge in [0.15, 0.2) is 11.8 Å². The second-order valence-electron chi connectivity index (χ2n) is 1.52. The maximum absolute atomic E-state index is 10.7. The summed E-state index contributed by atoms with van der Waals surface area (Å²) < 4.78 is -0.747. The van der Waals surface area contributed by atoms with Crippen LogP contribution in [0.1, 0.15) is 6.92 Å². The molecule has 0 radical (unpaired) electrons. The molecule has 5 heteroatoms. The Morgan fingerprint density at radius 3 is 2.11 bits per heavy atom. The van der Waals surface area contributed by atoms with Gasteiger partial charge in [-0.15, -0.1) is 24.0 Å². The first-order valence-corrected chi connectivity index (χ1v) is 3.33. The van der Waals surface area contributed by atoms with Gasteiger partial charge in [0, 0.05) is 0 Å². The van der Waals surface area contributed by atoms with Crippen molar-refractivity contribution in [2.24, 2.45) is 0 Å². The molecule has 1 atom stereocenters. The Morgan fingerprint density at radius 2 is 2.00 bits per heavy atom. The van der Waals surface area contributed by atoms with Crippen molar-refractivity contribution in [2.45, 2.75) is 6.92 Å². The third-order valence-electron chi connectivity index (χ3n) is 0.891. The van der Waals surface area contributed by atoms with Crippen LogP contribution in [0.4, 0.5) is 0 Å². The summed E-state index contributed by atoms with van der Waals surface area (Å²) in [5.74, 6) is 0.320. The molecular formula is C4H10Cl3NO. The molecule has 0 aromatic heterocycles. The smallest absolute Gasteiger partial charge is 0.166 e. The van der Waals surface area contributed by atoms with E-state index < -0.39 is 4.17 Å². The van der Waals surface area contributed by atoms with Crippen molar-refractivity contribution in [3.05, 3.63) is 5.21 Å². The molecule has 0 aliphatic carbocycles. The number of hydrogen-bond donors (Lipinski definition) is 0. The normalized spacial score (nSPS) is 16.0. The predicted molar refractivity (Wildman–Crippen MR) is 42.9 cm³/mol. The quantitative estimate of drug-likeness (QED) is 0.383. The molecule has 0 bridgehead atoms. The van der Waals surface area contributed by atoms with Gasteiger partial charge in [-0.1, -0.05) is 0 Å². The third kappa shape index (κ3) is 6.68. The number of quaternary nitrogens is 1. The Hall–Kier alpha value is 0.790. The fourth-order valence-corrected chi connectivity index (χ4v) is 0.728. The minimum Gasteiger partial charge on any atom is -0.613 e. The maximum Gasteiger partial charge on any atom is 0.166 e. The Balaban J connectivity index is 0. The molecule has 0 saturated carbocycles. The molecule has 0 amide bonds. The maximum atomic E-state index is 10.7. The molecule has 58 valence electrons. The molecule has 0 aliphatic rings. The third-order valence-corrected chi connectivity index (χ3v) is 1.47. The summed E-state index contributed by atoms with van der Waals surface area (Å²) in [4.78, 5) is 0. The van der Waals surface area contributed by atoms with E-state index >= 15 is 0 Å². The van der Waals surface area contributed by atoms with Gasteiger partial charge >= 0.3 is 0 Å². The largest absolute Gasteiger partial charge is 0.613 e. The molecule has 0 spiro atoms. The molecule has 0 fully saturated rings. The highest BCUT2D eigenvalue weighted by atomic mass is 35.5. The van der Waals surface area contributed by atoms with Crippen LogP contribution in [-0.2, 0) is 0 Å². The van der Waals surface area contributed by atoms with Gasteiger partial charge in [-0.25, -0.2) is 0 Å². The lowest BCUT2D eigenvalue weighted by atomic mass is 10.6. The van der Waals surface area contributed by atoms with Crippen LogP contribution in [0, 0.1) is 5.21 Å². The summed E-state index contributed by atoms with van der Waals surface area (Å²) in [6, 6.07) is 0. The van der Waals surface area contributed by atoms with E-state index in [0.29, 0.717) is 12.4 Å². The zero-order valence-corrected chi connectivity index (χ0v) is 7.47. The topological polar surface area (TPSA) is 23.1 Å². The van der Waals surface area contributed by atoms with Gasteiger partial charge in [-0.05, 0) is 6.92 Å². The van der Waals surface area contributed by atoms with Gasteiger partial charge in [-0.3, -0.25) is 4.17 Å². The monoisotopic (exact) mass is 193 g/mol. The van der Waals surface area contributed by atoms with E-state index in [1.54, 1.807) is 6.92 Å². The van der Waals surface area contributed by atoms with Crippen molar-refractivity contribution in [3.8, 4) is 0 Å². The van der Waals surface area contributed by atoms with Gasteiger partial charge in [0.2, 0.25) is 0 Å². The van der Waals surface area contributed by atoms with Crippen LogP contribution in [0.25, 0.3) is 0 Å². The van der Waals surface area contributed by atoms with Crippen molar-refractivity contribution < 1.29 is 4.17 Å². The van der Waals surface area contributed by atoms with Crippen LogP contribution in [-0.4, -0.2) is 23.1 Å². The van der Waals surface area contributed by atoms with Gasteiger partial charge < -0.3 is 5.21 Å². The molecule has 0 aromatic carbocycles. The number of alkyl halides is 1. The van der Waals surface area contributed by atoms with Crippen molar-refractivity contribution in [1.29, 1.82) is 0 Å². The Morgan fingerprint density at radius 1 is 1.56 bits per heavy atom. The SMILES string of the molecule is CC[N+]([O-])(Cl)CCCl.Cl. The van der Waals surface area contributed by atoms with E-state index in [9.17, 15) is 5.21 Å². The highest BCUT2D eigenvalue weighted by molar-refractivity contribution is 6.18. The summed E-state index contributed by atoms with van der Waals surface area (Å²) in [5, 5.41) is 10.7. The van der Waals surface area contributed by atoms with Crippen molar-refractivity contribution in [3.63, 3.8) is 0 Å². The second kappa shape index (κ2) is 5.57. The van der Waals surface area contributed by atoms with Crippen LogP contribution < -0.4 is 0 Å². The fraction of sp³-hybridized carbons (Fsp3) is 1.00. The minimum atomic E-state index is -0.747. The number of rotatable bonds is 3. The van der Waals surface area contributed by atoms with Crippen LogP contribution in [0.3, 0.4) is 0 Å². The zero-order chi connectivity index (χ0) is 6.62. The highest BCUT2D eigenvalue weighted by Crippen LogP contribution is 2.07. The van der Waals surface area contributed by atoms with Crippen molar-refractivity contribution in [1.82, 2.24) is 0 Å². The van der Waals surface area contributed by atoms with Gasteiger partial charge in [0.1, 0.15) is 6.54 Å². The summed E-state index contributed by atoms with van der Waals surface area (Å²) in [5.41, 5.74) is 0. The van der Waals surface area contributed by atoms with Gasteiger partial charge in [-0.2, -0.15) is 0 Å². The fourth-order valence-electron chi connectivity index (χ4n) is 0.284. The average molecular weight is 194 g/mol. The standard InChI is InChI=1S/C4H9Cl2NO.ClH/c1-2-7(6,8)4-3-5;/h2-4H2,1H3;1H. The van der Waals surface area contributed by atoms with E-state index in [0.717, 1.165) is 0 Å². The number of hydrogen-bond acceptors (Lipinski definition) is 1. The Labute approximate surface area is 71.4 Å². The highest BCUT2D eigenvalue weighted by Gasteiger charge is 2.07. The van der Waals surface area contributed by atoms with Gasteiger partial charge in [0.05, 0.1) is 12.4 Å². The lowest BCUT2D eigenvalue weighted by molar-refractivity contribution is -0.756. The van der Waals surface area contributed by atoms with E-state index in [4.69, 9.17) is 23.4 Å². The lowest BCUT2D eigenvalue weighted by Gasteiger charge is -2.30. The first kappa shape index (κ1) is 12.5.